The van der Waals surface area contributed by atoms with E-state index in [4.69, 9.17) is 18.9 Å². The molecular formula is C28H40N2O7. The van der Waals surface area contributed by atoms with Crippen LogP contribution >= 0.6 is 0 Å². The Kier molecular flexibility index (Phi) is 16.8. The van der Waals surface area contributed by atoms with E-state index in [1.807, 2.05) is 88.4 Å². The highest BCUT2D eigenvalue weighted by molar-refractivity contribution is 5.73. The van der Waals surface area contributed by atoms with Crippen LogP contribution in [-0.2, 0) is 37.0 Å². The number of carbonyl (C=O) groups is 3. The van der Waals surface area contributed by atoms with Crippen molar-refractivity contribution in [2.75, 3.05) is 13.2 Å². The van der Waals surface area contributed by atoms with Gasteiger partial charge in [0.25, 0.3) is 0 Å². The first kappa shape index (κ1) is 31.6. The number of amides is 2. The van der Waals surface area contributed by atoms with Crippen LogP contribution in [0.2, 0.25) is 0 Å². The lowest BCUT2D eigenvalue weighted by molar-refractivity contribution is -0.153. The molecule has 204 valence electrons. The van der Waals surface area contributed by atoms with Crippen molar-refractivity contribution in [3.05, 3.63) is 71.8 Å². The fourth-order valence-corrected chi connectivity index (χ4v) is 3.04. The largest absolute Gasteiger partial charge is 0.445 e. The fraction of sp³-hybridized carbons (Fsp3) is 0.464. The molecule has 0 saturated heterocycles. The molecule has 2 aromatic carbocycles. The highest BCUT2D eigenvalue weighted by atomic mass is 16.7. The zero-order valence-electron chi connectivity index (χ0n) is 22.2. The van der Waals surface area contributed by atoms with Gasteiger partial charge in [-0.15, -0.1) is 0 Å². The second kappa shape index (κ2) is 19.7. The minimum absolute atomic E-state index is 0.210. The predicted molar refractivity (Wildman–Crippen MR) is 141 cm³/mol. The fourth-order valence-electron chi connectivity index (χ4n) is 3.04. The third-order valence-corrected chi connectivity index (χ3v) is 5.07. The molecule has 0 bridgehead atoms. The Morgan fingerprint density at radius 1 is 0.730 bits per heavy atom. The van der Waals surface area contributed by atoms with Crippen molar-refractivity contribution < 1.29 is 33.3 Å². The summed E-state index contributed by atoms with van der Waals surface area (Å²) in [5, 5.41) is 5.25. The zero-order chi connectivity index (χ0) is 27.3. The topological polar surface area (TPSA) is 112 Å². The van der Waals surface area contributed by atoms with Crippen molar-refractivity contribution in [2.24, 2.45) is 0 Å². The molecule has 9 nitrogen and oxygen atoms in total. The molecule has 2 amide bonds. The summed E-state index contributed by atoms with van der Waals surface area (Å²) in [6.07, 6.45) is 0.478. The summed E-state index contributed by atoms with van der Waals surface area (Å²) in [6.45, 7) is 9.09. The van der Waals surface area contributed by atoms with Gasteiger partial charge in [-0.05, 0) is 37.8 Å². The molecular weight excluding hydrogens is 476 g/mol. The molecule has 0 fully saturated rings. The Morgan fingerprint density at radius 2 is 1.19 bits per heavy atom. The number of hydrogen-bond donors (Lipinski definition) is 2. The number of benzene rings is 2. The summed E-state index contributed by atoms with van der Waals surface area (Å²) in [6, 6.07) is 18.2. The van der Waals surface area contributed by atoms with Crippen molar-refractivity contribution in [3.63, 3.8) is 0 Å². The number of aldehydes is 1. The Hall–Kier alpha value is -3.43. The lowest BCUT2D eigenvalue weighted by atomic mass is 10.2. The zero-order valence-corrected chi connectivity index (χ0v) is 22.2. The van der Waals surface area contributed by atoms with E-state index < -0.39 is 24.5 Å². The molecule has 0 radical (unpaired) electrons. The third-order valence-electron chi connectivity index (χ3n) is 5.07. The summed E-state index contributed by atoms with van der Waals surface area (Å²) in [4.78, 5) is 33.6. The normalized spacial score (nSPS) is 11.9. The van der Waals surface area contributed by atoms with Crippen molar-refractivity contribution in [2.45, 2.75) is 72.1 Å². The van der Waals surface area contributed by atoms with Crippen LogP contribution < -0.4 is 10.6 Å². The van der Waals surface area contributed by atoms with Gasteiger partial charge in [-0.25, -0.2) is 9.59 Å². The van der Waals surface area contributed by atoms with Crippen molar-refractivity contribution in [3.8, 4) is 0 Å². The van der Waals surface area contributed by atoms with E-state index >= 15 is 0 Å². The van der Waals surface area contributed by atoms with Gasteiger partial charge in [0.2, 0.25) is 0 Å². The Morgan fingerprint density at radius 3 is 1.57 bits per heavy atom. The monoisotopic (exact) mass is 516 g/mol. The van der Waals surface area contributed by atoms with Crippen molar-refractivity contribution in [1.82, 2.24) is 10.6 Å². The van der Waals surface area contributed by atoms with Crippen molar-refractivity contribution in [1.29, 1.82) is 0 Å². The van der Waals surface area contributed by atoms with Crippen LogP contribution in [0.25, 0.3) is 0 Å². The van der Waals surface area contributed by atoms with Crippen LogP contribution in [0.5, 0.6) is 0 Å². The lowest BCUT2D eigenvalue weighted by Crippen LogP contribution is -2.45. The molecule has 0 aliphatic heterocycles. The van der Waals surface area contributed by atoms with Crippen LogP contribution in [0.3, 0.4) is 0 Å². The van der Waals surface area contributed by atoms with E-state index in [0.717, 1.165) is 11.1 Å². The van der Waals surface area contributed by atoms with E-state index in [9.17, 15) is 14.4 Å². The molecule has 2 atom stereocenters. The minimum Gasteiger partial charge on any atom is -0.445 e. The van der Waals surface area contributed by atoms with Gasteiger partial charge in [-0.2, -0.15) is 0 Å². The number of carbonyl (C=O) groups excluding carboxylic acids is 3. The Bertz CT molecular complexity index is 875. The molecule has 2 rings (SSSR count). The molecule has 9 heteroatoms. The first-order valence-electron chi connectivity index (χ1n) is 12.6. The Labute approximate surface area is 219 Å². The highest BCUT2D eigenvalue weighted by Gasteiger charge is 2.23. The average Bonchev–Trinajstić information content (AvgIpc) is 2.93. The van der Waals surface area contributed by atoms with Crippen LogP contribution in [0, 0.1) is 0 Å². The van der Waals surface area contributed by atoms with E-state index in [0.29, 0.717) is 32.3 Å². The molecule has 0 aliphatic rings. The van der Waals surface area contributed by atoms with Crippen LogP contribution in [0.1, 0.15) is 51.7 Å². The number of nitrogens with one attached hydrogen (secondary N) is 2. The molecule has 0 aliphatic carbocycles. The second-order valence-corrected chi connectivity index (χ2v) is 7.86. The number of rotatable bonds is 14. The maximum Gasteiger partial charge on any atom is 0.408 e. The van der Waals surface area contributed by atoms with Gasteiger partial charge in [0.1, 0.15) is 19.5 Å². The maximum absolute atomic E-state index is 11.9. The smallest absolute Gasteiger partial charge is 0.408 e. The quantitative estimate of drug-likeness (QED) is 0.269. The van der Waals surface area contributed by atoms with Crippen LogP contribution in [-0.4, -0.2) is 50.1 Å². The first-order valence-corrected chi connectivity index (χ1v) is 12.6. The van der Waals surface area contributed by atoms with E-state index in [1.54, 1.807) is 0 Å². The standard InChI is InChI=1S/C16H25NO4.C12H15NO3/c1-4-14(15(19-5-2)20-6-3)17-16(18)21-12-13-10-8-7-9-11-13;1-2-11(8-14)13-12(15)16-9-10-6-4-3-5-7-10/h7-11,14-15H,4-6,12H2,1-3H3,(H,17,18);3-8,11H,2,9H2,1H3,(H,13,15)/t14-;11-/m00/s1. The number of ether oxygens (including phenoxy) is 4. The molecule has 2 N–H and O–H groups in total. The van der Waals surface area contributed by atoms with Gasteiger partial charge >= 0.3 is 12.2 Å². The molecule has 0 saturated carbocycles. The lowest BCUT2D eigenvalue weighted by Gasteiger charge is -2.26. The van der Waals surface area contributed by atoms with Gasteiger partial charge in [-0.1, -0.05) is 74.5 Å². The Balaban J connectivity index is 0.000000384. The molecule has 0 spiro atoms. The number of hydrogen-bond acceptors (Lipinski definition) is 7. The summed E-state index contributed by atoms with van der Waals surface area (Å²) in [5.74, 6) is 0. The summed E-state index contributed by atoms with van der Waals surface area (Å²) >= 11 is 0. The second-order valence-electron chi connectivity index (χ2n) is 7.86. The van der Waals surface area contributed by atoms with Gasteiger partial charge in [0.05, 0.1) is 12.1 Å². The molecule has 2 aromatic rings. The first-order chi connectivity index (χ1) is 18.0. The van der Waals surface area contributed by atoms with Crippen LogP contribution in [0.4, 0.5) is 9.59 Å². The van der Waals surface area contributed by atoms with Gasteiger partial charge in [0, 0.05) is 13.2 Å². The van der Waals surface area contributed by atoms with Gasteiger partial charge in [0.15, 0.2) is 6.29 Å². The van der Waals surface area contributed by atoms with Crippen molar-refractivity contribution >= 4 is 18.5 Å². The highest BCUT2D eigenvalue weighted by Crippen LogP contribution is 2.08. The number of alkyl carbamates (subject to hydrolysis) is 2. The molecule has 0 aromatic heterocycles. The molecule has 0 unspecified atom stereocenters. The van der Waals surface area contributed by atoms with Gasteiger partial charge in [-0.3, -0.25) is 0 Å². The SMILES string of the molecule is CCOC(OCC)[C@H](CC)NC(=O)OCc1ccccc1.CC[C@@H](C=O)NC(=O)OCc1ccccc1. The van der Waals surface area contributed by atoms with E-state index in [1.165, 1.54) is 0 Å². The predicted octanol–water partition coefficient (Wildman–Crippen LogP) is 4.98. The van der Waals surface area contributed by atoms with E-state index in [-0.39, 0.29) is 19.3 Å². The maximum atomic E-state index is 11.9. The van der Waals surface area contributed by atoms with Gasteiger partial charge < -0.3 is 34.4 Å². The minimum atomic E-state index is -0.567. The average molecular weight is 517 g/mol. The third kappa shape index (κ3) is 14.0. The summed E-state index contributed by atoms with van der Waals surface area (Å²) < 4.78 is 21.2. The molecule has 0 heterocycles. The molecule has 37 heavy (non-hydrogen) atoms. The van der Waals surface area contributed by atoms with E-state index in [2.05, 4.69) is 10.6 Å². The summed E-state index contributed by atoms with van der Waals surface area (Å²) in [7, 11) is 0. The van der Waals surface area contributed by atoms with Crippen LogP contribution in [0.15, 0.2) is 60.7 Å². The summed E-state index contributed by atoms with van der Waals surface area (Å²) in [5.41, 5.74) is 1.86.